The first-order chi connectivity index (χ1) is 7.96. The van der Waals surface area contributed by atoms with Gasteiger partial charge >= 0.3 is 5.97 Å². The fourth-order valence-electron chi connectivity index (χ4n) is 1.88. The van der Waals surface area contributed by atoms with E-state index in [0.717, 1.165) is 38.5 Å². The van der Waals surface area contributed by atoms with Gasteiger partial charge in [0.15, 0.2) is 0 Å². The molecule has 0 fully saturated rings. The highest BCUT2D eigenvalue weighted by molar-refractivity contribution is 5.76. The van der Waals surface area contributed by atoms with Crippen LogP contribution in [-0.2, 0) is 9.53 Å². The van der Waals surface area contributed by atoms with Crippen molar-refractivity contribution >= 4 is 5.97 Å². The van der Waals surface area contributed by atoms with E-state index in [-0.39, 0.29) is 11.4 Å². The molecular formula is C15H30O2. The molecule has 0 aromatic carbocycles. The van der Waals surface area contributed by atoms with Crippen LogP contribution < -0.4 is 0 Å². The van der Waals surface area contributed by atoms with E-state index < -0.39 is 0 Å². The van der Waals surface area contributed by atoms with Gasteiger partial charge in [-0.15, -0.1) is 0 Å². The summed E-state index contributed by atoms with van der Waals surface area (Å²) in [5, 5.41) is 0. The average Bonchev–Trinajstić information content (AvgIpc) is 2.30. The Hall–Kier alpha value is -0.530. The fourth-order valence-corrected chi connectivity index (χ4v) is 1.88. The van der Waals surface area contributed by atoms with Crippen molar-refractivity contribution in [3.8, 4) is 0 Å². The van der Waals surface area contributed by atoms with Gasteiger partial charge in [0.05, 0.1) is 12.0 Å². The van der Waals surface area contributed by atoms with Gasteiger partial charge in [0.2, 0.25) is 0 Å². The predicted molar refractivity (Wildman–Crippen MR) is 73.0 cm³/mol. The molecule has 0 N–H and O–H groups in total. The highest BCUT2D eigenvalue weighted by Gasteiger charge is 2.33. The molecule has 2 nitrogen and oxygen atoms in total. The number of unbranched alkanes of at least 4 members (excludes halogenated alkanes) is 2. The van der Waals surface area contributed by atoms with E-state index in [1.54, 1.807) is 0 Å². The molecule has 0 radical (unpaired) electrons. The molecule has 0 aromatic rings. The van der Waals surface area contributed by atoms with E-state index in [0.29, 0.717) is 12.5 Å². The third-order valence-corrected chi connectivity index (χ3v) is 3.20. The molecule has 0 unspecified atom stereocenters. The molecule has 0 saturated carbocycles. The van der Waals surface area contributed by atoms with Gasteiger partial charge in [0.25, 0.3) is 0 Å². The summed E-state index contributed by atoms with van der Waals surface area (Å²) in [6.07, 6.45) is 6.41. The summed E-state index contributed by atoms with van der Waals surface area (Å²) in [5.41, 5.74) is -0.263. The van der Waals surface area contributed by atoms with Crippen LogP contribution in [0.3, 0.4) is 0 Å². The van der Waals surface area contributed by atoms with Crippen LogP contribution in [0, 0.1) is 11.3 Å². The van der Waals surface area contributed by atoms with Crippen LogP contribution in [0.4, 0.5) is 0 Å². The number of carbonyl (C=O) groups is 1. The summed E-state index contributed by atoms with van der Waals surface area (Å²) in [6.45, 7) is 11.1. The van der Waals surface area contributed by atoms with Gasteiger partial charge < -0.3 is 4.74 Å². The molecule has 102 valence electrons. The molecular weight excluding hydrogens is 212 g/mol. The Bertz CT molecular complexity index is 201. The van der Waals surface area contributed by atoms with Crippen molar-refractivity contribution in [1.82, 2.24) is 0 Å². The number of hydrogen-bond donors (Lipinski definition) is 0. The minimum absolute atomic E-state index is 0.00750. The zero-order valence-corrected chi connectivity index (χ0v) is 12.3. The first-order valence-corrected chi connectivity index (χ1v) is 7.13. The summed E-state index contributed by atoms with van der Waals surface area (Å²) in [4.78, 5) is 12.2. The maximum atomic E-state index is 12.2. The summed E-state index contributed by atoms with van der Waals surface area (Å²) >= 11 is 0. The Balaban J connectivity index is 4.36. The topological polar surface area (TPSA) is 26.3 Å². The number of esters is 1. The lowest BCUT2D eigenvalue weighted by Crippen LogP contribution is -2.31. The number of hydrogen-bond acceptors (Lipinski definition) is 2. The number of ether oxygens (including phenoxy) is 1. The Morgan fingerprint density at radius 1 is 1.12 bits per heavy atom. The third-order valence-electron chi connectivity index (χ3n) is 3.20. The Morgan fingerprint density at radius 3 is 1.94 bits per heavy atom. The summed E-state index contributed by atoms with van der Waals surface area (Å²) in [7, 11) is 0. The van der Waals surface area contributed by atoms with E-state index in [4.69, 9.17) is 4.74 Å². The SMILES string of the molecule is CCCCC(C)(CCCC)C(=O)OCC(C)C. The lowest BCUT2D eigenvalue weighted by atomic mass is 9.80. The van der Waals surface area contributed by atoms with Crippen molar-refractivity contribution in [2.45, 2.75) is 73.1 Å². The number of rotatable bonds is 9. The highest BCUT2D eigenvalue weighted by atomic mass is 16.5. The molecule has 2 heteroatoms. The zero-order valence-electron chi connectivity index (χ0n) is 12.3. The molecule has 0 atom stereocenters. The Kier molecular flexibility index (Phi) is 8.28. The second-order valence-electron chi connectivity index (χ2n) is 5.76. The monoisotopic (exact) mass is 242 g/mol. The molecule has 0 aliphatic heterocycles. The minimum atomic E-state index is -0.263. The Morgan fingerprint density at radius 2 is 1.59 bits per heavy atom. The van der Waals surface area contributed by atoms with Gasteiger partial charge in [-0.05, 0) is 25.7 Å². The molecule has 0 aliphatic carbocycles. The van der Waals surface area contributed by atoms with Crippen molar-refractivity contribution < 1.29 is 9.53 Å². The second-order valence-corrected chi connectivity index (χ2v) is 5.76. The van der Waals surface area contributed by atoms with Crippen LogP contribution in [0.15, 0.2) is 0 Å². The van der Waals surface area contributed by atoms with Gasteiger partial charge in [0.1, 0.15) is 0 Å². The first kappa shape index (κ1) is 16.5. The lowest BCUT2D eigenvalue weighted by Gasteiger charge is -2.27. The molecule has 0 aromatic heterocycles. The van der Waals surface area contributed by atoms with Crippen molar-refractivity contribution in [1.29, 1.82) is 0 Å². The molecule has 0 bridgehead atoms. The fraction of sp³-hybridized carbons (Fsp3) is 0.933. The summed E-state index contributed by atoms with van der Waals surface area (Å²) in [5.74, 6) is 0.425. The first-order valence-electron chi connectivity index (χ1n) is 7.13. The smallest absolute Gasteiger partial charge is 0.311 e. The second kappa shape index (κ2) is 8.54. The predicted octanol–water partition coefficient (Wildman–Crippen LogP) is 4.57. The van der Waals surface area contributed by atoms with E-state index in [1.807, 2.05) is 0 Å². The van der Waals surface area contributed by atoms with E-state index in [9.17, 15) is 4.79 Å². The molecule has 0 spiro atoms. The lowest BCUT2D eigenvalue weighted by molar-refractivity contribution is -0.157. The molecule has 0 rings (SSSR count). The van der Waals surface area contributed by atoms with E-state index in [1.165, 1.54) is 0 Å². The largest absolute Gasteiger partial charge is 0.465 e. The third kappa shape index (κ3) is 6.70. The van der Waals surface area contributed by atoms with Crippen molar-refractivity contribution in [2.24, 2.45) is 11.3 Å². The summed E-state index contributed by atoms with van der Waals surface area (Å²) < 4.78 is 5.42. The van der Waals surface area contributed by atoms with Gasteiger partial charge in [-0.25, -0.2) is 0 Å². The van der Waals surface area contributed by atoms with Crippen LogP contribution in [0.2, 0.25) is 0 Å². The number of carbonyl (C=O) groups excluding carboxylic acids is 1. The minimum Gasteiger partial charge on any atom is -0.465 e. The normalized spacial score (nSPS) is 11.9. The van der Waals surface area contributed by atoms with Crippen molar-refractivity contribution in [3.63, 3.8) is 0 Å². The standard InChI is InChI=1S/C15H30O2/c1-6-8-10-15(5,11-9-7-2)14(16)17-12-13(3)4/h13H,6-12H2,1-5H3. The Labute approximate surface area is 107 Å². The molecule has 0 amide bonds. The van der Waals surface area contributed by atoms with Crippen LogP contribution in [0.25, 0.3) is 0 Å². The summed E-state index contributed by atoms with van der Waals surface area (Å²) in [6, 6.07) is 0. The van der Waals surface area contributed by atoms with Gasteiger partial charge in [-0.3, -0.25) is 4.79 Å². The average molecular weight is 242 g/mol. The van der Waals surface area contributed by atoms with Crippen LogP contribution in [-0.4, -0.2) is 12.6 Å². The molecule has 0 aliphatic rings. The van der Waals surface area contributed by atoms with Gasteiger partial charge in [-0.1, -0.05) is 53.4 Å². The van der Waals surface area contributed by atoms with Crippen molar-refractivity contribution in [3.05, 3.63) is 0 Å². The van der Waals surface area contributed by atoms with Gasteiger partial charge in [-0.2, -0.15) is 0 Å². The zero-order chi connectivity index (χ0) is 13.3. The van der Waals surface area contributed by atoms with Crippen LogP contribution in [0.5, 0.6) is 0 Å². The van der Waals surface area contributed by atoms with Gasteiger partial charge in [0, 0.05) is 0 Å². The quantitative estimate of drug-likeness (QED) is 0.553. The molecule has 17 heavy (non-hydrogen) atoms. The highest BCUT2D eigenvalue weighted by Crippen LogP contribution is 2.32. The maximum Gasteiger partial charge on any atom is 0.311 e. The van der Waals surface area contributed by atoms with Crippen molar-refractivity contribution in [2.75, 3.05) is 6.61 Å². The van der Waals surface area contributed by atoms with E-state index >= 15 is 0 Å². The maximum absolute atomic E-state index is 12.2. The van der Waals surface area contributed by atoms with E-state index in [2.05, 4.69) is 34.6 Å². The molecule has 0 saturated heterocycles. The molecule has 0 heterocycles. The van der Waals surface area contributed by atoms with Crippen LogP contribution >= 0.6 is 0 Å². The van der Waals surface area contributed by atoms with Crippen LogP contribution in [0.1, 0.15) is 73.1 Å².